The summed E-state index contributed by atoms with van der Waals surface area (Å²) in [5, 5.41) is 3.10. The smallest absolute Gasteiger partial charge is 0.404 e. The van der Waals surface area contributed by atoms with Crippen LogP contribution in [0.25, 0.3) is 0 Å². The standard InChI is InChI=1S/C11H18N2O2/c1-13-10(8-15-11(12)14)7-9-5-3-2-4-6-9/h3,5-6,10,13H,2,4,7-8H2,1H3,(H2,12,14)/t10-/m1/s1. The Morgan fingerprint density at radius 3 is 3.00 bits per heavy atom. The van der Waals surface area contributed by atoms with Crippen LogP contribution in [-0.4, -0.2) is 25.8 Å². The van der Waals surface area contributed by atoms with Gasteiger partial charge in [-0.2, -0.15) is 0 Å². The zero-order valence-electron chi connectivity index (χ0n) is 9.03. The lowest BCUT2D eigenvalue weighted by molar-refractivity contribution is 0.144. The summed E-state index contributed by atoms with van der Waals surface area (Å²) in [5.41, 5.74) is 6.20. The zero-order chi connectivity index (χ0) is 11.1. The lowest BCUT2D eigenvalue weighted by Crippen LogP contribution is -2.33. The summed E-state index contributed by atoms with van der Waals surface area (Å²) >= 11 is 0. The van der Waals surface area contributed by atoms with E-state index in [0.29, 0.717) is 6.61 Å². The number of carbonyl (C=O) groups excluding carboxylic acids is 1. The van der Waals surface area contributed by atoms with E-state index in [2.05, 4.69) is 23.5 Å². The van der Waals surface area contributed by atoms with E-state index in [4.69, 9.17) is 10.5 Å². The number of amides is 1. The van der Waals surface area contributed by atoms with Crippen LogP contribution in [-0.2, 0) is 4.74 Å². The van der Waals surface area contributed by atoms with Crippen LogP contribution in [0.15, 0.2) is 23.8 Å². The Morgan fingerprint density at radius 2 is 2.47 bits per heavy atom. The van der Waals surface area contributed by atoms with Crippen LogP contribution in [0, 0.1) is 0 Å². The fourth-order valence-corrected chi connectivity index (χ4v) is 1.53. The molecule has 0 spiro atoms. The van der Waals surface area contributed by atoms with Crippen molar-refractivity contribution in [3.05, 3.63) is 23.8 Å². The normalized spacial score (nSPS) is 17.0. The summed E-state index contributed by atoms with van der Waals surface area (Å²) in [6.07, 6.45) is 8.86. The summed E-state index contributed by atoms with van der Waals surface area (Å²) in [5.74, 6) is 0. The molecule has 1 rings (SSSR count). The van der Waals surface area contributed by atoms with Gasteiger partial charge in [0.25, 0.3) is 0 Å². The third-order valence-corrected chi connectivity index (χ3v) is 2.39. The largest absolute Gasteiger partial charge is 0.448 e. The molecule has 84 valence electrons. The van der Waals surface area contributed by atoms with Crippen molar-refractivity contribution in [1.82, 2.24) is 5.32 Å². The first-order chi connectivity index (χ1) is 7.22. The van der Waals surface area contributed by atoms with E-state index >= 15 is 0 Å². The molecule has 15 heavy (non-hydrogen) atoms. The number of nitrogens with two attached hydrogens (primary N) is 1. The predicted molar refractivity (Wildman–Crippen MR) is 59.5 cm³/mol. The highest BCUT2D eigenvalue weighted by Crippen LogP contribution is 2.14. The molecule has 1 atom stereocenters. The monoisotopic (exact) mass is 210 g/mol. The third-order valence-electron chi connectivity index (χ3n) is 2.39. The molecule has 0 fully saturated rings. The fourth-order valence-electron chi connectivity index (χ4n) is 1.53. The zero-order valence-corrected chi connectivity index (χ0v) is 9.03. The molecule has 0 aromatic carbocycles. The van der Waals surface area contributed by atoms with Crippen molar-refractivity contribution in [1.29, 1.82) is 0 Å². The lowest BCUT2D eigenvalue weighted by Gasteiger charge is -2.17. The van der Waals surface area contributed by atoms with Gasteiger partial charge in [-0.05, 0) is 26.3 Å². The molecule has 0 radical (unpaired) electrons. The maximum atomic E-state index is 10.5. The van der Waals surface area contributed by atoms with E-state index < -0.39 is 6.09 Å². The molecule has 4 nitrogen and oxygen atoms in total. The SMILES string of the molecule is CN[C@@H](COC(N)=O)CC1=CCCC=C1. The van der Waals surface area contributed by atoms with Gasteiger partial charge in [0.05, 0.1) is 0 Å². The summed E-state index contributed by atoms with van der Waals surface area (Å²) in [4.78, 5) is 10.5. The van der Waals surface area contributed by atoms with Gasteiger partial charge in [0.2, 0.25) is 0 Å². The molecule has 0 heterocycles. The fraction of sp³-hybridized carbons (Fsp3) is 0.545. The van der Waals surface area contributed by atoms with E-state index in [-0.39, 0.29) is 6.04 Å². The molecule has 0 aromatic rings. The molecule has 4 heteroatoms. The molecule has 1 aliphatic rings. The van der Waals surface area contributed by atoms with Crippen molar-refractivity contribution in [3.63, 3.8) is 0 Å². The summed E-state index contributed by atoms with van der Waals surface area (Å²) in [6.45, 7) is 0.316. The van der Waals surface area contributed by atoms with E-state index in [1.807, 2.05) is 7.05 Å². The number of hydrogen-bond donors (Lipinski definition) is 2. The highest BCUT2D eigenvalue weighted by Gasteiger charge is 2.10. The van der Waals surface area contributed by atoms with Crippen LogP contribution in [0.1, 0.15) is 19.3 Å². The number of nitrogens with one attached hydrogen (secondary N) is 1. The topological polar surface area (TPSA) is 64.3 Å². The first kappa shape index (κ1) is 11.8. The maximum Gasteiger partial charge on any atom is 0.404 e. The van der Waals surface area contributed by atoms with Gasteiger partial charge in [-0.15, -0.1) is 0 Å². The number of hydrogen-bond acceptors (Lipinski definition) is 3. The third kappa shape index (κ3) is 4.65. The number of carbonyl (C=O) groups is 1. The summed E-state index contributed by atoms with van der Waals surface area (Å²) in [6, 6.07) is 0.131. The van der Waals surface area contributed by atoms with Crippen molar-refractivity contribution >= 4 is 6.09 Å². The van der Waals surface area contributed by atoms with Crippen molar-refractivity contribution in [2.24, 2.45) is 5.73 Å². The van der Waals surface area contributed by atoms with E-state index in [9.17, 15) is 4.79 Å². The summed E-state index contributed by atoms with van der Waals surface area (Å²) in [7, 11) is 1.85. The molecule has 1 amide bonds. The number of likely N-dealkylation sites (N-methyl/N-ethyl adjacent to an activating group) is 1. The first-order valence-electron chi connectivity index (χ1n) is 5.17. The molecule has 0 unspecified atom stereocenters. The maximum absolute atomic E-state index is 10.5. The van der Waals surface area contributed by atoms with Crippen LogP contribution in [0.2, 0.25) is 0 Å². The van der Waals surface area contributed by atoms with Gasteiger partial charge in [0.1, 0.15) is 6.61 Å². The number of ether oxygens (including phenoxy) is 1. The van der Waals surface area contributed by atoms with Crippen molar-refractivity contribution in [2.75, 3.05) is 13.7 Å². The quantitative estimate of drug-likeness (QED) is 0.719. The van der Waals surface area contributed by atoms with Crippen molar-refractivity contribution in [2.45, 2.75) is 25.3 Å². The Bertz CT molecular complexity index is 272. The van der Waals surface area contributed by atoms with E-state index in [1.54, 1.807) is 0 Å². The molecule has 0 saturated carbocycles. The van der Waals surface area contributed by atoms with Crippen LogP contribution in [0.3, 0.4) is 0 Å². The second kappa shape index (κ2) is 6.24. The number of primary amides is 1. The Hall–Kier alpha value is -1.29. The van der Waals surface area contributed by atoms with Gasteiger partial charge in [-0.1, -0.05) is 23.8 Å². The van der Waals surface area contributed by atoms with E-state index in [1.165, 1.54) is 5.57 Å². The van der Waals surface area contributed by atoms with Gasteiger partial charge in [-0.3, -0.25) is 0 Å². The number of allylic oxidation sites excluding steroid dienone is 3. The highest BCUT2D eigenvalue weighted by atomic mass is 16.5. The molecule has 0 bridgehead atoms. The summed E-state index contributed by atoms with van der Waals surface area (Å²) < 4.78 is 4.76. The van der Waals surface area contributed by atoms with Gasteiger partial charge >= 0.3 is 6.09 Å². The molecular formula is C11H18N2O2. The Morgan fingerprint density at radius 1 is 1.67 bits per heavy atom. The second-order valence-electron chi connectivity index (χ2n) is 3.58. The van der Waals surface area contributed by atoms with E-state index in [0.717, 1.165) is 19.3 Å². The van der Waals surface area contributed by atoms with Crippen molar-refractivity contribution < 1.29 is 9.53 Å². The Balaban J connectivity index is 2.35. The van der Waals surface area contributed by atoms with Gasteiger partial charge < -0.3 is 15.8 Å². The van der Waals surface area contributed by atoms with Crippen LogP contribution in [0.5, 0.6) is 0 Å². The van der Waals surface area contributed by atoms with Crippen LogP contribution >= 0.6 is 0 Å². The molecular weight excluding hydrogens is 192 g/mol. The first-order valence-corrected chi connectivity index (χ1v) is 5.17. The average molecular weight is 210 g/mol. The second-order valence-corrected chi connectivity index (χ2v) is 3.58. The minimum atomic E-state index is -0.719. The molecule has 1 aliphatic carbocycles. The molecule has 0 aliphatic heterocycles. The Labute approximate surface area is 90.2 Å². The highest BCUT2D eigenvalue weighted by molar-refractivity contribution is 5.64. The van der Waals surface area contributed by atoms with Crippen molar-refractivity contribution in [3.8, 4) is 0 Å². The number of rotatable bonds is 5. The van der Waals surface area contributed by atoms with Gasteiger partial charge in [0.15, 0.2) is 0 Å². The van der Waals surface area contributed by atoms with Crippen LogP contribution in [0.4, 0.5) is 4.79 Å². The van der Waals surface area contributed by atoms with Gasteiger partial charge in [-0.25, -0.2) is 4.79 Å². The van der Waals surface area contributed by atoms with Crippen LogP contribution < -0.4 is 11.1 Å². The molecule has 3 N–H and O–H groups in total. The lowest BCUT2D eigenvalue weighted by atomic mass is 10.0. The Kier molecular flexibility index (Phi) is 4.90. The minimum absolute atomic E-state index is 0.131. The predicted octanol–water partition coefficient (Wildman–Crippen LogP) is 1.34. The van der Waals surface area contributed by atoms with Gasteiger partial charge in [0, 0.05) is 6.04 Å². The average Bonchev–Trinajstić information content (AvgIpc) is 2.25. The minimum Gasteiger partial charge on any atom is -0.448 e. The molecule has 0 saturated heterocycles. The molecule has 0 aromatic heterocycles.